The molecule has 3 N–H and O–H groups in total. The van der Waals surface area contributed by atoms with Gasteiger partial charge in [0.25, 0.3) is 5.91 Å². The Hall–Kier alpha value is -4.92. The summed E-state index contributed by atoms with van der Waals surface area (Å²) >= 11 is 0. The second-order valence-electron chi connectivity index (χ2n) is 17.4. The van der Waals surface area contributed by atoms with E-state index in [9.17, 15) is 19.8 Å². The smallest absolute Gasteiger partial charge is 0.264 e. The van der Waals surface area contributed by atoms with Gasteiger partial charge in [-0.15, -0.1) is 0 Å². The fourth-order valence-electron chi connectivity index (χ4n) is 10.4. The third-order valence-corrected chi connectivity index (χ3v) is 15.6. The summed E-state index contributed by atoms with van der Waals surface area (Å²) in [4.78, 5) is 48.8. The normalized spacial score (nSPS) is 24.6. The highest BCUT2D eigenvalue weighted by molar-refractivity contribution is 6.72. The average molecular weight is 849 g/mol. The van der Waals surface area contributed by atoms with Crippen LogP contribution in [0.5, 0.6) is 5.75 Å². The van der Waals surface area contributed by atoms with Gasteiger partial charge in [-0.3, -0.25) is 19.3 Å². The molecule has 0 aromatic heterocycles. The fourth-order valence-corrected chi connectivity index (χ4v) is 12.9. The van der Waals surface area contributed by atoms with Crippen LogP contribution in [0.4, 0.5) is 21.2 Å². The van der Waals surface area contributed by atoms with Crippen molar-refractivity contribution in [3.63, 3.8) is 0 Å². The Morgan fingerprint density at radius 1 is 0.934 bits per heavy atom. The molecule has 3 amide bonds. The number of amides is 3. The average Bonchev–Trinajstić information content (AvgIpc) is 3.68. The minimum atomic E-state index is -3.56. The van der Waals surface area contributed by atoms with Gasteiger partial charge in [0.2, 0.25) is 20.2 Å². The van der Waals surface area contributed by atoms with Crippen LogP contribution in [0.15, 0.2) is 91.0 Å². The summed E-state index contributed by atoms with van der Waals surface area (Å²) in [7, 11) is -3.56. The molecule has 61 heavy (non-hydrogen) atoms. The molecule has 1 spiro atoms. The van der Waals surface area contributed by atoms with Crippen molar-refractivity contribution >= 4 is 43.2 Å². The maximum atomic E-state index is 16.7. The number of carbonyl (C=O) groups is 3. The van der Waals surface area contributed by atoms with Gasteiger partial charge in [-0.25, -0.2) is 0 Å². The lowest BCUT2D eigenvalue weighted by molar-refractivity contribution is -0.151. The minimum Gasteiger partial charge on any atom is -0.494 e. The summed E-state index contributed by atoms with van der Waals surface area (Å²) in [6.07, 6.45) is 1.42. The van der Waals surface area contributed by atoms with Crippen molar-refractivity contribution in [1.29, 1.82) is 0 Å². The Kier molecular flexibility index (Phi) is 12.2. The number of rotatable bonds is 14. The van der Waals surface area contributed by atoms with Crippen molar-refractivity contribution < 1.29 is 38.2 Å². The lowest BCUT2D eigenvalue weighted by Crippen LogP contribution is -2.49. The first-order valence-corrected chi connectivity index (χ1v) is 24.6. The number of hydrogen-bond acceptors (Lipinski definition) is 8. The molecular weight excluding hydrogens is 792 g/mol. The van der Waals surface area contributed by atoms with E-state index >= 15 is 8.90 Å². The number of anilines is 3. The van der Waals surface area contributed by atoms with E-state index in [-0.39, 0.29) is 43.9 Å². The Labute approximate surface area is 358 Å². The summed E-state index contributed by atoms with van der Waals surface area (Å²) in [5.74, 6) is -0.491. The summed E-state index contributed by atoms with van der Waals surface area (Å²) in [5.41, 5.74) is 4.42. The second kappa shape index (κ2) is 17.4. The van der Waals surface area contributed by atoms with E-state index in [1.165, 1.54) is 0 Å². The molecule has 4 aliphatic heterocycles. The highest BCUT2D eigenvalue weighted by Crippen LogP contribution is 2.60. The van der Waals surface area contributed by atoms with Crippen LogP contribution in [0.25, 0.3) is 0 Å². The van der Waals surface area contributed by atoms with E-state index in [0.29, 0.717) is 55.9 Å². The molecule has 1 unspecified atom stereocenters. The van der Waals surface area contributed by atoms with E-state index in [0.717, 1.165) is 40.1 Å². The van der Waals surface area contributed by atoms with E-state index < -0.39 is 43.7 Å². The van der Waals surface area contributed by atoms with Gasteiger partial charge in [0, 0.05) is 35.9 Å². The van der Waals surface area contributed by atoms with Crippen molar-refractivity contribution in [2.75, 3.05) is 36.2 Å². The largest absolute Gasteiger partial charge is 0.494 e. The standard InChI is InChI=1S/C48H57FN4O7Si/c1-5-59-38-19-20-41-35(25-38)26-40(50-21-10-11-22-54)46(57)53(41)36-16-12-13-32(23-36)28-52-42-18-9-8-17-39(42)48(47(52)58)31(2)45(61(3,4)49)43(60-48)27-44(56)51-29-34-15-7-6-14-33(34)24-37(51)30-55/h6-9,12-20,23,25,31,37,40,43,45,50,54-55H,5,10-11,21-22,24,26-30H2,1-4H3/t31-,37-,40?,43+,45-,48+/m0/s1. The number of aliphatic hydroxyl groups is 2. The van der Waals surface area contributed by atoms with Crippen molar-refractivity contribution in [2.24, 2.45) is 5.92 Å². The zero-order valence-corrected chi connectivity index (χ0v) is 36.5. The van der Waals surface area contributed by atoms with Crippen LogP contribution in [0.3, 0.4) is 0 Å². The minimum absolute atomic E-state index is 0.0900. The summed E-state index contributed by atoms with van der Waals surface area (Å²) < 4.78 is 29.4. The number of para-hydroxylation sites is 1. The topological polar surface area (TPSA) is 132 Å². The Morgan fingerprint density at radius 2 is 1.70 bits per heavy atom. The van der Waals surface area contributed by atoms with Crippen LogP contribution in [-0.4, -0.2) is 85.8 Å². The lowest BCUT2D eigenvalue weighted by Gasteiger charge is -2.37. The second-order valence-corrected chi connectivity index (χ2v) is 21.2. The van der Waals surface area contributed by atoms with E-state index in [2.05, 4.69) is 5.32 Å². The van der Waals surface area contributed by atoms with Gasteiger partial charge in [0.15, 0.2) is 5.60 Å². The number of benzene rings is 4. The molecule has 0 radical (unpaired) electrons. The molecule has 11 nitrogen and oxygen atoms in total. The first-order chi connectivity index (χ1) is 29.4. The highest BCUT2D eigenvalue weighted by atomic mass is 28.4. The molecule has 1 saturated heterocycles. The number of nitrogens with one attached hydrogen (secondary N) is 1. The molecule has 4 aromatic rings. The predicted molar refractivity (Wildman–Crippen MR) is 235 cm³/mol. The van der Waals surface area contributed by atoms with Crippen LogP contribution in [0.2, 0.25) is 18.6 Å². The molecule has 13 heteroatoms. The third kappa shape index (κ3) is 7.91. The van der Waals surface area contributed by atoms with Gasteiger partial charge >= 0.3 is 0 Å². The van der Waals surface area contributed by atoms with Crippen LogP contribution < -0.4 is 19.9 Å². The maximum Gasteiger partial charge on any atom is 0.264 e. The molecule has 322 valence electrons. The van der Waals surface area contributed by atoms with Crippen molar-refractivity contribution in [1.82, 2.24) is 10.2 Å². The zero-order valence-electron chi connectivity index (χ0n) is 35.5. The number of nitrogens with zero attached hydrogens (tertiary/aromatic N) is 3. The molecule has 0 saturated carbocycles. The van der Waals surface area contributed by atoms with Gasteiger partial charge in [-0.2, -0.15) is 0 Å². The van der Waals surface area contributed by atoms with Gasteiger partial charge in [0.05, 0.1) is 55.7 Å². The Balaban J connectivity index is 1.09. The van der Waals surface area contributed by atoms with Gasteiger partial charge in [-0.1, -0.05) is 61.5 Å². The number of fused-ring (bicyclic) bond motifs is 4. The van der Waals surface area contributed by atoms with E-state index in [4.69, 9.17) is 9.47 Å². The summed E-state index contributed by atoms with van der Waals surface area (Å²) in [6.45, 7) is 8.57. The molecule has 1 fully saturated rings. The molecule has 4 heterocycles. The molecule has 0 bridgehead atoms. The first-order valence-electron chi connectivity index (χ1n) is 21.7. The van der Waals surface area contributed by atoms with Crippen LogP contribution in [0, 0.1) is 5.92 Å². The van der Waals surface area contributed by atoms with Gasteiger partial charge in [-0.05, 0) is 111 Å². The van der Waals surface area contributed by atoms with Gasteiger partial charge in [0.1, 0.15) is 5.75 Å². The highest BCUT2D eigenvalue weighted by Gasteiger charge is 2.67. The molecule has 4 aromatic carbocycles. The molecule has 6 atom stereocenters. The van der Waals surface area contributed by atoms with Crippen molar-refractivity contribution in [3.8, 4) is 5.75 Å². The Morgan fingerprint density at radius 3 is 2.46 bits per heavy atom. The molecule has 4 aliphatic rings. The van der Waals surface area contributed by atoms with Crippen molar-refractivity contribution in [3.05, 3.63) is 119 Å². The first kappa shape index (κ1) is 42.8. The predicted octanol–water partition coefficient (Wildman–Crippen LogP) is 6.69. The zero-order chi connectivity index (χ0) is 43.1. The third-order valence-electron chi connectivity index (χ3n) is 13.2. The number of halogens is 1. The van der Waals surface area contributed by atoms with Crippen LogP contribution >= 0.6 is 0 Å². The van der Waals surface area contributed by atoms with E-state index in [1.807, 2.05) is 105 Å². The van der Waals surface area contributed by atoms with Crippen molar-refractivity contribution in [2.45, 2.75) is 101 Å². The SMILES string of the molecule is CCOc1ccc2c(c1)CC(NCCCCO)C(=O)N2c1cccc(CN2C(=O)[C@]3(O[C@H](CC(=O)N4Cc5ccccc5C[C@H]4CO)[C@@H]([Si](C)(C)F)[C@@H]3C)c3ccccc32)c1. The number of aliphatic hydroxyl groups excluding tert-OH is 2. The number of ether oxygens (including phenoxy) is 2. The summed E-state index contributed by atoms with van der Waals surface area (Å²) in [5, 5.41) is 23.1. The van der Waals surface area contributed by atoms with Crippen LogP contribution in [0.1, 0.15) is 60.9 Å². The maximum absolute atomic E-state index is 16.7. The number of hydrogen-bond donors (Lipinski definition) is 3. The molecular formula is C48H57FN4O7Si. The van der Waals surface area contributed by atoms with Gasteiger partial charge < -0.3 is 38.9 Å². The lowest BCUT2D eigenvalue weighted by atomic mass is 9.82. The molecule has 0 aliphatic carbocycles. The van der Waals surface area contributed by atoms with E-state index in [1.54, 1.807) is 27.8 Å². The molecule has 8 rings (SSSR count). The quantitative estimate of drug-likeness (QED) is 0.0727. The number of unbranched alkanes of at least 4 members (excludes halogenated alkanes) is 1. The van der Waals surface area contributed by atoms with Crippen LogP contribution in [-0.2, 0) is 50.7 Å². The Bertz CT molecular complexity index is 2290. The number of carbonyl (C=O) groups excluding carboxylic acids is 3. The monoisotopic (exact) mass is 848 g/mol. The summed E-state index contributed by atoms with van der Waals surface area (Å²) in [6, 6.07) is 27.9. The fraction of sp³-hybridized carbons (Fsp3) is 0.438.